The number of halogens is 1. The molecule has 0 rings (SSSR count). The molecule has 0 bridgehead atoms. The maximum Gasteiger partial charge on any atom is 0.0957 e. The Hall–Kier alpha value is -0.410. The first-order valence-corrected chi connectivity index (χ1v) is 4.28. The second-order valence-corrected chi connectivity index (χ2v) is 2.67. The highest BCUT2D eigenvalue weighted by molar-refractivity contribution is 5.85. The average molecular weight is 207 g/mol. The number of nitrogens with two attached hydrogens (primary N) is 2. The van der Waals surface area contributed by atoms with Gasteiger partial charge in [-0.2, -0.15) is 0 Å². The molecule has 0 saturated carbocycles. The highest BCUT2D eigenvalue weighted by Gasteiger charge is 2.22. The van der Waals surface area contributed by atoms with Gasteiger partial charge in [0.15, 0.2) is 0 Å². The molecule has 0 aromatic carbocycles. The van der Waals surface area contributed by atoms with Gasteiger partial charge in [-0.05, 0) is 13.3 Å². The quantitative estimate of drug-likeness (QED) is 0.649. The van der Waals surface area contributed by atoms with E-state index >= 15 is 0 Å². The molecule has 4 N–H and O–H groups in total. The molecule has 0 amide bonds. The van der Waals surface area contributed by atoms with Crippen LogP contribution in [0.25, 0.3) is 0 Å². The zero-order valence-electron chi connectivity index (χ0n) is 8.29. The van der Waals surface area contributed by atoms with E-state index in [1.165, 1.54) is 0 Å². The molecule has 0 radical (unpaired) electrons. The van der Waals surface area contributed by atoms with Gasteiger partial charge in [0.1, 0.15) is 0 Å². The molecule has 0 saturated heterocycles. The molecule has 0 spiro atoms. The summed E-state index contributed by atoms with van der Waals surface area (Å²) in [6.07, 6.45) is 0.826. The lowest BCUT2D eigenvalue weighted by molar-refractivity contribution is 0.437. The smallest absolute Gasteiger partial charge is 0.0957 e. The lowest BCUT2D eigenvalue weighted by atomic mass is 9.98. The van der Waals surface area contributed by atoms with E-state index in [2.05, 4.69) is 16.0 Å². The monoisotopic (exact) mass is 206 g/mol. The standard InChI is InChI=1S/C8H18N4.ClH/c1-3-8(5-9,6-10)12-7-11-4-2;/h3-6,9-10H2,1-2H3;1H. The van der Waals surface area contributed by atoms with Gasteiger partial charge >= 0.3 is 0 Å². The number of hydrogen-bond donors (Lipinski definition) is 2. The molecule has 4 nitrogen and oxygen atoms in total. The van der Waals surface area contributed by atoms with E-state index in [9.17, 15) is 0 Å². The first-order valence-electron chi connectivity index (χ1n) is 4.28. The van der Waals surface area contributed by atoms with Crippen LogP contribution in [0.1, 0.15) is 20.3 Å². The van der Waals surface area contributed by atoms with Crippen LogP contribution in [-0.4, -0.2) is 31.2 Å². The Bertz CT molecular complexity index is 163. The van der Waals surface area contributed by atoms with Gasteiger partial charge in [-0.25, -0.2) is 9.98 Å². The van der Waals surface area contributed by atoms with Gasteiger partial charge in [-0.15, -0.1) is 12.4 Å². The summed E-state index contributed by atoms with van der Waals surface area (Å²) in [6.45, 7) is 5.54. The average Bonchev–Trinajstić information content (AvgIpc) is 2.14. The molecular weight excluding hydrogens is 188 g/mol. The van der Waals surface area contributed by atoms with Crippen molar-refractivity contribution < 1.29 is 0 Å². The molecule has 0 aliphatic carbocycles. The third-order valence-electron chi connectivity index (χ3n) is 1.93. The van der Waals surface area contributed by atoms with E-state index in [1.807, 2.05) is 13.8 Å². The van der Waals surface area contributed by atoms with Gasteiger partial charge < -0.3 is 11.5 Å². The molecule has 0 aromatic heterocycles. The molecule has 0 fully saturated rings. The summed E-state index contributed by atoms with van der Waals surface area (Å²) in [6, 6.07) is 2.62. The molecule has 5 heteroatoms. The van der Waals surface area contributed by atoms with Crippen molar-refractivity contribution in [2.24, 2.45) is 21.5 Å². The van der Waals surface area contributed by atoms with Crippen LogP contribution in [-0.2, 0) is 0 Å². The summed E-state index contributed by atoms with van der Waals surface area (Å²) in [5, 5.41) is 0. The van der Waals surface area contributed by atoms with Crippen molar-refractivity contribution in [3.05, 3.63) is 0 Å². The van der Waals surface area contributed by atoms with Crippen molar-refractivity contribution in [1.82, 2.24) is 0 Å². The lowest BCUT2D eigenvalue weighted by Gasteiger charge is -2.22. The largest absolute Gasteiger partial charge is 0.328 e. The van der Waals surface area contributed by atoms with E-state index in [-0.39, 0.29) is 17.9 Å². The second-order valence-electron chi connectivity index (χ2n) is 2.67. The summed E-state index contributed by atoms with van der Waals surface area (Å²) in [5.41, 5.74) is 10.8. The number of rotatable bonds is 5. The van der Waals surface area contributed by atoms with Crippen LogP contribution in [0.4, 0.5) is 0 Å². The minimum atomic E-state index is -0.349. The fourth-order valence-electron chi connectivity index (χ4n) is 0.754. The molecule has 0 aliphatic rings. The predicted octanol–water partition coefficient (Wildman–Crippen LogP) is 0.668. The molecule has 13 heavy (non-hydrogen) atoms. The summed E-state index contributed by atoms with van der Waals surface area (Å²) < 4.78 is 0. The number of nitrogens with zero attached hydrogens (tertiary/aromatic N) is 2. The van der Waals surface area contributed by atoms with Crippen molar-refractivity contribution in [2.75, 3.05) is 19.6 Å². The Morgan fingerprint density at radius 2 is 1.77 bits per heavy atom. The Morgan fingerprint density at radius 1 is 1.23 bits per heavy atom. The number of aliphatic imine (C=N–C) groups is 2. The van der Waals surface area contributed by atoms with Crippen molar-refractivity contribution in [3.63, 3.8) is 0 Å². The lowest BCUT2D eigenvalue weighted by Crippen LogP contribution is -2.42. The minimum Gasteiger partial charge on any atom is -0.328 e. The fourth-order valence-corrected chi connectivity index (χ4v) is 0.754. The summed E-state index contributed by atoms with van der Waals surface area (Å²) >= 11 is 0. The Morgan fingerprint density at radius 3 is 2.08 bits per heavy atom. The van der Waals surface area contributed by atoms with Gasteiger partial charge in [0.2, 0.25) is 0 Å². The van der Waals surface area contributed by atoms with Crippen molar-refractivity contribution >= 4 is 18.4 Å². The number of hydrogen-bond acceptors (Lipinski definition) is 4. The molecular formula is C8H19ClN4. The molecule has 78 valence electrons. The van der Waals surface area contributed by atoms with Gasteiger partial charge in [0, 0.05) is 19.6 Å². The molecule has 0 aromatic rings. The predicted molar refractivity (Wildman–Crippen MR) is 58.8 cm³/mol. The zero-order chi connectivity index (χ0) is 9.45. The van der Waals surface area contributed by atoms with Crippen LogP contribution >= 0.6 is 12.4 Å². The highest BCUT2D eigenvalue weighted by atomic mass is 35.5. The molecule has 0 heterocycles. The van der Waals surface area contributed by atoms with Gasteiger partial charge in [0.25, 0.3) is 0 Å². The highest BCUT2D eigenvalue weighted by Crippen LogP contribution is 2.10. The van der Waals surface area contributed by atoms with Crippen molar-refractivity contribution in [3.8, 4) is 0 Å². The van der Waals surface area contributed by atoms with Crippen molar-refractivity contribution in [1.29, 1.82) is 0 Å². The summed E-state index contributed by atoms with van der Waals surface area (Å²) in [7, 11) is 0. The first-order chi connectivity index (χ1) is 5.74. The van der Waals surface area contributed by atoms with Crippen LogP contribution < -0.4 is 11.5 Å². The SMILES string of the molecule is CCN=C=NC(CC)(CN)CN.Cl. The summed E-state index contributed by atoms with van der Waals surface area (Å²) in [5.74, 6) is 0. The van der Waals surface area contributed by atoms with E-state index < -0.39 is 0 Å². The summed E-state index contributed by atoms with van der Waals surface area (Å²) in [4.78, 5) is 8.01. The van der Waals surface area contributed by atoms with Gasteiger partial charge in [-0.3, -0.25) is 0 Å². The minimum absolute atomic E-state index is 0. The maximum atomic E-state index is 5.56. The van der Waals surface area contributed by atoms with E-state index in [0.717, 1.165) is 6.42 Å². The first kappa shape index (κ1) is 15.1. The van der Waals surface area contributed by atoms with Crippen LogP contribution in [0.3, 0.4) is 0 Å². The van der Waals surface area contributed by atoms with E-state index in [1.54, 1.807) is 0 Å². The molecule has 0 unspecified atom stereocenters. The van der Waals surface area contributed by atoms with Crippen LogP contribution in [0.5, 0.6) is 0 Å². The molecule has 0 aliphatic heterocycles. The topological polar surface area (TPSA) is 76.8 Å². The zero-order valence-corrected chi connectivity index (χ0v) is 9.10. The normalized spacial score (nSPS) is 9.85. The van der Waals surface area contributed by atoms with Crippen molar-refractivity contribution in [2.45, 2.75) is 25.8 Å². The fraction of sp³-hybridized carbons (Fsp3) is 0.875. The second kappa shape index (κ2) is 8.20. The van der Waals surface area contributed by atoms with Crippen LogP contribution in [0.15, 0.2) is 9.98 Å². The third-order valence-corrected chi connectivity index (χ3v) is 1.93. The Labute approximate surface area is 85.9 Å². The van der Waals surface area contributed by atoms with Gasteiger partial charge in [-0.1, -0.05) is 6.92 Å². The Kier molecular flexibility index (Phi) is 9.51. The van der Waals surface area contributed by atoms with E-state index in [4.69, 9.17) is 11.5 Å². The van der Waals surface area contributed by atoms with Crippen LogP contribution in [0.2, 0.25) is 0 Å². The maximum absolute atomic E-state index is 5.56. The van der Waals surface area contributed by atoms with E-state index in [0.29, 0.717) is 19.6 Å². The molecule has 0 atom stereocenters. The third kappa shape index (κ3) is 5.01. The Balaban J connectivity index is 0. The van der Waals surface area contributed by atoms with Gasteiger partial charge in [0.05, 0.1) is 11.5 Å². The van der Waals surface area contributed by atoms with Crippen LogP contribution in [0, 0.1) is 0 Å².